The van der Waals surface area contributed by atoms with Crippen LogP contribution in [0, 0.1) is 20.2 Å². The molecule has 54 heavy (non-hydrogen) atoms. The van der Waals surface area contributed by atoms with Crippen molar-refractivity contribution in [2.45, 2.75) is 63.5 Å². The van der Waals surface area contributed by atoms with Crippen molar-refractivity contribution in [2.24, 2.45) is 0 Å². The summed E-state index contributed by atoms with van der Waals surface area (Å²) in [7, 11) is 0. The number of unbranched alkanes of at least 4 members (excludes halogenated alkanes) is 2. The molecule has 2 aliphatic rings. The molecule has 2 saturated heterocycles. The smallest absolute Gasteiger partial charge is 0.339 e. The molecule has 0 spiro atoms. The van der Waals surface area contributed by atoms with Gasteiger partial charge in [0.2, 0.25) is 0 Å². The van der Waals surface area contributed by atoms with Crippen LogP contribution in [0.15, 0.2) is 60.7 Å². The van der Waals surface area contributed by atoms with Crippen molar-refractivity contribution >= 4 is 34.7 Å². The number of carboxylic acids is 2. The normalized spacial score (nSPS) is 16.7. The molecule has 2 aliphatic heterocycles. The predicted octanol–water partition coefficient (Wildman–Crippen LogP) is 6.59. The average Bonchev–Trinajstić information content (AvgIpc) is 3.84. The van der Waals surface area contributed by atoms with Gasteiger partial charge in [0.25, 0.3) is 11.4 Å². The first kappa shape index (κ1) is 39.7. The monoisotopic (exact) mass is 750 g/mol. The van der Waals surface area contributed by atoms with Crippen LogP contribution in [0.5, 0.6) is 11.5 Å². The Labute approximate surface area is 312 Å². The molecule has 0 bridgehead atoms. The average molecular weight is 751 g/mol. The number of nitro benzene ring substituents is 2. The number of nitrogens with zero attached hydrogens (tertiary/aromatic N) is 4. The fourth-order valence-corrected chi connectivity index (χ4v) is 6.78. The van der Waals surface area contributed by atoms with Crippen LogP contribution in [0.2, 0.25) is 0 Å². The number of anilines is 2. The maximum Gasteiger partial charge on any atom is 0.339 e. The van der Waals surface area contributed by atoms with Crippen molar-refractivity contribution in [3.05, 3.63) is 92.0 Å². The van der Waals surface area contributed by atoms with Crippen LogP contribution in [-0.2, 0) is 9.47 Å². The maximum atomic E-state index is 12.1. The van der Waals surface area contributed by atoms with Gasteiger partial charge in [-0.1, -0.05) is 0 Å². The van der Waals surface area contributed by atoms with Gasteiger partial charge in [-0.2, -0.15) is 0 Å². The molecular weight excluding hydrogens is 704 g/mol. The highest BCUT2D eigenvalue weighted by molar-refractivity contribution is 5.97. The summed E-state index contributed by atoms with van der Waals surface area (Å²) in [6.45, 7) is 3.93. The number of hydrogen-bond donors (Lipinski definition) is 2. The zero-order valence-electron chi connectivity index (χ0n) is 30.0. The number of rotatable bonds is 22. The summed E-state index contributed by atoms with van der Waals surface area (Å²) in [5, 5.41) is 41.6. The number of hydrogen-bond acceptors (Lipinski definition) is 12. The lowest BCUT2D eigenvalue weighted by Gasteiger charge is -2.26. The van der Waals surface area contributed by atoms with E-state index in [0.29, 0.717) is 52.1 Å². The second kappa shape index (κ2) is 19.6. The van der Waals surface area contributed by atoms with E-state index in [2.05, 4.69) is 9.80 Å². The number of aromatic carboxylic acids is 2. The molecule has 2 N–H and O–H groups in total. The third-order valence-corrected chi connectivity index (χ3v) is 9.58. The molecule has 0 aliphatic carbocycles. The highest BCUT2D eigenvalue weighted by Gasteiger charge is 2.27. The summed E-state index contributed by atoms with van der Waals surface area (Å²) in [4.78, 5) is 49.6. The summed E-state index contributed by atoms with van der Waals surface area (Å²) < 4.78 is 23.3. The van der Waals surface area contributed by atoms with E-state index in [1.54, 1.807) is 24.3 Å². The van der Waals surface area contributed by atoms with E-state index in [-0.39, 0.29) is 59.3 Å². The molecule has 5 rings (SSSR count). The zero-order chi connectivity index (χ0) is 38.5. The Morgan fingerprint density at radius 1 is 0.630 bits per heavy atom. The van der Waals surface area contributed by atoms with E-state index in [1.165, 1.54) is 36.4 Å². The molecular formula is C38H46N4O12. The number of carboxylic acid groups (broad SMARTS) is 2. The van der Waals surface area contributed by atoms with Gasteiger partial charge in [0, 0.05) is 61.9 Å². The molecule has 16 heteroatoms. The zero-order valence-corrected chi connectivity index (χ0v) is 30.0. The van der Waals surface area contributed by atoms with Crippen LogP contribution in [0.1, 0.15) is 72.1 Å². The van der Waals surface area contributed by atoms with E-state index < -0.39 is 21.8 Å². The van der Waals surface area contributed by atoms with Gasteiger partial charge < -0.3 is 39.0 Å². The van der Waals surface area contributed by atoms with Crippen LogP contribution in [-0.4, -0.2) is 96.8 Å². The van der Waals surface area contributed by atoms with E-state index in [0.717, 1.165) is 50.1 Å². The van der Waals surface area contributed by atoms with Gasteiger partial charge in [-0.05, 0) is 87.8 Å². The first-order chi connectivity index (χ1) is 26.1. The highest BCUT2D eigenvalue weighted by Crippen LogP contribution is 2.31. The van der Waals surface area contributed by atoms with Gasteiger partial charge in [-0.15, -0.1) is 0 Å². The van der Waals surface area contributed by atoms with Crippen LogP contribution in [0.25, 0.3) is 0 Å². The molecule has 0 saturated carbocycles. The third kappa shape index (κ3) is 10.8. The molecule has 3 aromatic rings. The molecule has 0 aromatic heterocycles. The maximum absolute atomic E-state index is 12.1. The largest absolute Gasteiger partial charge is 0.493 e. The second-order valence-corrected chi connectivity index (χ2v) is 13.2. The van der Waals surface area contributed by atoms with Crippen molar-refractivity contribution in [1.82, 2.24) is 0 Å². The Bertz CT molecular complexity index is 1610. The molecule has 16 nitrogen and oxygen atoms in total. The first-order valence-electron chi connectivity index (χ1n) is 18.2. The van der Waals surface area contributed by atoms with Crippen LogP contribution < -0.4 is 19.3 Å². The Morgan fingerprint density at radius 3 is 1.35 bits per heavy atom. The minimum Gasteiger partial charge on any atom is -0.493 e. The highest BCUT2D eigenvalue weighted by atomic mass is 16.6. The van der Waals surface area contributed by atoms with Crippen molar-refractivity contribution in [3.8, 4) is 11.5 Å². The number of benzene rings is 3. The topological polar surface area (TPSA) is 204 Å². The lowest BCUT2D eigenvalue weighted by molar-refractivity contribution is -0.385. The van der Waals surface area contributed by atoms with E-state index in [1.807, 2.05) is 0 Å². The Morgan fingerprint density at radius 2 is 1.00 bits per heavy atom. The summed E-state index contributed by atoms with van der Waals surface area (Å²) in [6, 6.07) is 15.7. The Balaban J connectivity index is 1.01. The molecule has 2 fully saturated rings. The quantitative estimate of drug-likeness (QED) is 0.0632. The van der Waals surface area contributed by atoms with Crippen LogP contribution in [0.4, 0.5) is 22.7 Å². The fraction of sp³-hybridized carbons (Fsp3) is 0.474. The van der Waals surface area contributed by atoms with E-state index in [9.17, 15) is 40.0 Å². The Kier molecular flexibility index (Phi) is 14.4. The minimum absolute atomic E-state index is 0.0500. The number of carbonyl (C=O) groups is 2. The van der Waals surface area contributed by atoms with Crippen molar-refractivity contribution in [2.75, 3.05) is 62.5 Å². The fourth-order valence-electron chi connectivity index (χ4n) is 6.78. The third-order valence-electron chi connectivity index (χ3n) is 9.58. The van der Waals surface area contributed by atoms with E-state index in [4.69, 9.17) is 18.9 Å². The number of ether oxygens (including phenoxy) is 4. The van der Waals surface area contributed by atoms with Gasteiger partial charge in [-0.25, -0.2) is 9.59 Å². The molecule has 3 aromatic carbocycles. The molecule has 0 unspecified atom stereocenters. The number of nitro groups is 2. The Hall–Kier alpha value is -5.48. The molecule has 2 heterocycles. The second-order valence-electron chi connectivity index (χ2n) is 13.2. The summed E-state index contributed by atoms with van der Waals surface area (Å²) in [5.41, 5.74) is 1.54. The van der Waals surface area contributed by atoms with E-state index >= 15 is 0 Å². The SMILES string of the molecule is O=C(O)c1cc(OCCCCOC[C@@H]2CCCN2c2ccc([N+](=O)[O-])cc2)c(C(=O)O)cc1OCCCCOC[C@@H]1CCCN1c1ccc([N+](=O)[O-])cc1. The van der Waals surface area contributed by atoms with Gasteiger partial charge in [-0.3, -0.25) is 20.2 Å². The molecule has 0 amide bonds. The van der Waals surface area contributed by atoms with Crippen LogP contribution >= 0.6 is 0 Å². The van der Waals surface area contributed by atoms with Gasteiger partial charge in [0.1, 0.15) is 22.6 Å². The van der Waals surface area contributed by atoms with Gasteiger partial charge >= 0.3 is 11.9 Å². The summed E-state index contributed by atoms with van der Waals surface area (Å²) in [5.74, 6) is -2.65. The summed E-state index contributed by atoms with van der Waals surface area (Å²) >= 11 is 0. The molecule has 0 radical (unpaired) electrons. The predicted molar refractivity (Wildman–Crippen MR) is 198 cm³/mol. The van der Waals surface area contributed by atoms with Crippen molar-refractivity contribution in [1.29, 1.82) is 0 Å². The van der Waals surface area contributed by atoms with Crippen molar-refractivity contribution < 1.29 is 48.6 Å². The van der Waals surface area contributed by atoms with Crippen LogP contribution in [0.3, 0.4) is 0 Å². The lowest BCUT2D eigenvalue weighted by atomic mass is 10.1. The molecule has 2 atom stereocenters. The summed E-state index contributed by atoms with van der Waals surface area (Å²) in [6.07, 6.45) is 6.28. The lowest BCUT2D eigenvalue weighted by Crippen LogP contribution is -2.33. The van der Waals surface area contributed by atoms with Crippen molar-refractivity contribution in [3.63, 3.8) is 0 Å². The standard InChI is InChI=1S/C38H46N4O12/c43-37(44)33-24-36(54-22-4-2-20-52-26-32-8-6-18-40(32)28-11-15-30(16-12-28)42(49)50)34(38(45)46)23-35(33)53-21-3-1-19-51-25-31-7-5-17-39(31)27-9-13-29(14-10-27)41(47)48/h9-16,23-24,31-32H,1-8,17-22,25-26H2,(H,43,44)(H,45,46)/t31-,32-/m0/s1. The van der Waals surface area contributed by atoms with Gasteiger partial charge in [0.15, 0.2) is 0 Å². The number of non-ortho nitro benzene ring substituents is 2. The van der Waals surface area contributed by atoms with Gasteiger partial charge in [0.05, 0.1) is 48.4 Å². The molecule has 290 valence electrons. The first-order valence-corrected chi connectivity index (χ1v) is 18.2. The minimum atomic E-state index is -1.27.